The fourth-order valence-corrected chi connectivity index (χ4v) is 3.83. The highest BCUT2D eigenvalue weighted by Crippen LogP contribution is 2.23. The number of para-hydroxylation sites is 3. The van der Waals surface area contributed by atoms with Gasteiger partial charge in [0.25, 0.3) is 5.91 Å². The zero-order valence-electron chi connectivity index (χ0n) is 18.0. The molecule has 5 nitrogen and oxygen atoms in total. The summed E-state index contributed by atoms with van der Waals surface area (Å²) < 4.78 is 7.79. The van der Waals surface area contributed by atoms with Crippen molar-refractivity contribution in [3.8, 4) is 5.75 Å². The molecule has 1 amide bonds. The Kier molecular flexibility index (Phi) is 6.32. The van der Waals surface area contributed by atoms with E-state index in [1.54, 1.807) is 7.11 Å². The predicted octanol–water partition coefficient (Wildman–Crippen LogP) is 4.76. The molecule has 0 saturated heterocycles. The molecule has 1 heterocycles. The van der Waals surface area contributed by atoms with Gasteiger partial charge >= 0.3 is 0 Å². The fourth-order valence-electron chi connectivity index (χ4n) is 3.83. The van der Waals surface area contributed by atoms with Gasteiger partial charge in [0, 0.05) is 24.1 Å². The number of amides is 1. The minimum absolute atomic E-state index is 0.0359. The predicted molar refractivity (Wildman–Crippen MR) is 124 cm³/mol. The number of aryl methyl sites for hydroxylation is 2. The Morgan fingerprint density at radius 1 is 1.03 bits per heavy atom. The van der Waals surface area contributed by atoms with Crippen molar-refractivity contribution in [3.63, 3.8) is 0 Å². The Balaban J connectivity index is 1.47. The van der Waals surface area contributed by atoms with Crippen molar-refractivity contribution in [3.05, 3.63) is 95.3 Å². The van der Waals surface area contributed by atoms with Crippen LogP contribution in [-0.2, 0) is 13.0 Å². The number of carbonyl (C=O) groups excluding carboxylic acids is 1. The van der Waals surface area contributed by atoms with Crippen molar-refractivity contribution in [1.82, 2.24) is 14.9 Å². The van der Waals surface area contributed by atoms with Crippen LogP contribution in [0.25, 0.3) is 11.0 Å². The average Bonchev–Trinajstić information content (AvgIpc) is 3.14. The summed E-state index contributed by atoms with van der Waals surface area (Å²) in [6.07, 6.45) is 1.59. The number of methoxy groups -OCH3 is 1. The molecule has 5 heteroatoms. The molecule has 0 spiro atoms. The Morgan fingerprint density at radius 3 is 2.68 bits per heavy atom. The lowest BCUT2D eigenvalue weighted by molar-refractivity contribution is 0.0953. The first-order valence-corrected chi connectivity index (χ1v) is 10.6. The second-order valence-corrected chi connectivity index (χ2v) is 7.64. The van der Waals surface area contributed by atoms with Crippen molar-refractivity contribution in [2.24, 2.45) is 0 Å². The van der Waals surface area contributed by atoms with Gasteiger partial charge in [0.1, 0.15) is 11.6 Å². The monoisotopic (exact) mass is 413 g/mol. The third kappa shape index (κ3) is 4.77. The Hall–Kier alpha value is -3.60. The first-order valence-electron chi connectivity index (χ1n) is 10.6. The van der Waals surface area contributed by atoms with E-state index in [0.717, 1.165) is 46.6 Å². The Bertz CT molecular complexity index is 1200. The van der Waals surface area contributed by atoms with Crippen LogP contribution in [0.5, 0.6) is 5.75 Å². The smallest absolute Gasteiger partial charge is 0.251 e. The zero-order chi connectivity index (χ0) is 21.6. The number of rotatable bonds is 8. The summed E-state index contributed by atoms with van der Waals surface area (Å²) in [6.45, 7) is 3.28. The number of nitrogens with one attached hydrogen (secondary N) is 1. The van der Waals surface area contributed by atoms with E-state index >= 15 is 0 Å². The van der Waals surface area contributed by atoms with E-state index in [4.69, 9.17) is 9.72 Å². The molecular weight excluding hydrogens is 386 g/mol. The summed E-state index contributed by atoms with van der Waals surface area (Å²) in [5.41, 5.74) is 4.98. The van der Waals surface area contributed by atoms with Crippen molar-refractivity contribution < 1.29 is 9.53 Å². The molecule has 0 radical (unpaired) electrons. The Morgan fingerprint density at radius 2 is 1.84 bits per heavy atom. The number of carbonyl (C=O) groups is 1. The summed E-state index contributed by atoms with van der Waals surface area (Å²) in [4.78, 5) is 17.2. The third-order valence-electron chi connectivity index (χ3n) is 5.40. The van der Waals surface area contributed by atoms with Crippen LogP contribution in [-0.4, -0.2) is 29.1 Å². The molecule has 158 valence electrons. The minimum Gasteiger partial charge on any atom is -0.496 e. The van der Waals surface area contributed by atoms with Gasteiger partial charge < -0.3 is 14.6 Å². The maximum atomic E-state index is 12.4. The lowest BCUT2D eigenvalue weighted by atomic mass is 10.1. The van der Waals surface area contributed by atoms with E-state index in [2.05, 4.69) is 22.0 Å². The molecule has 1 N–H and O–H groups in total. The van der Waals surface area contributed by atoms with Gasteiger partial charge in [0.2, 0.25) is 0 Å². The summed E-state index contributed by atoms with van der Waals surface area (Å²) in [5, 5.41) is 3.02. The van der Waals surface area contributed by atoms with Gasteiger partial charge in [0.15, 0.2) is 0 Å². The van der Waals surface area contributed by atoms with Crippen LogP contribution >= 0.6 is 0 Å². The highest BCUT2D eigenvalue weighted by Gasteiger charge is 2.13. The van der Waals surface area contributed by atoms with E-state index < -0.39 is 0 Å². The summed E-state index contributed by atoms with van der Waals surface area (Å²) in [5.74, 6) is 1.85. The van der Waals surface area contributed by atoms with E-state index in [1.807, 2.05) is 67.6 Å². The van der Waals surface area contributed by atoms with Gasteiger partial charge in [-0.05, 0) is 43.7 Å². The van der Waals surface area contributed by atoms with Crippen molar-refractivity contribution in [1.29, 1.82) is 0 Å². The highest BCUT2D eigenvalue weighted by atomic mass is 16.5. The second kappa shape index (κ2) is 9.47. The van der Waals surface area contributed by atoms with Crippen LogP contribution in [0.1, 0.15) is 33.7 Å². The summed E-state index contributed by atoms with van der Waals surface area (Å²) in [6, 6.07) is 23.9. The van der Waals surface area contributed by atoms with Gasteiger partial charge in [-0.1, -0.05) is 48.0 Å². The van der Waals surface area contributed by atoms with E-state index in [0.29, 0.717) is 18.7 Å². The minimum atomic E-state index is -0.0359. The molecule has 0 fully saturated rings. The largest absolute Gasteiger partial charge is 0.496 e. The van der Waals surface area contributed by atoms with Crippen LogP contribution < -0.4 is 10.1 Å². The number of aromatic nitrogens is 2. The fraction of sp³-hybridized carbons (Fsp3) is 0.231. The number of imidazole rings is 1. The SMILES string of the molecule is COc1ccccc1Cn1c(CCCNC(=O)c2cccc(C)c2)nc2ccccc21. The average molecular weight is 414 g/mol. The quantitative estimate of drug-likeness (QED) is 0.424. The lowest BCUT2D eigenvalue weighted by Crippen LogP contribution is -2.25. The molecule has 0 bridgehead atoms. The van der Waals surface area contributed by atoms with Crippen LogP contribution in [0.4, 0.5) is 0 Å². The van der Waals surface area contributed by atoms with Gasteiger partial charge in [0.05, 0.1) is 24.7 Å². The van der Waals surface area contributed by atoms with Gasteiger partial charge in [-0.3, -0.25) is 4.79 Å². The molecule has 0 aliphatic carbocycles. The number of nitrogens with zero attached hydrogens (tertiary/aromatic N) is 2. The molecule has 4 rings (SSSR count). The highest BCUT2D eigenvalue weighted by molar-refractivity contribution is 5.94. The summed E-state index contributed by atoms with van der Waals surface area (Å²) >= 11 is 0. The van der Waals surface area contributed by atoms with Crippen molar-refractivity contribution in [2.75, 3.05) is 13.7 Å². The molecule has 0 atom stereocenters. The van der Waals surface area contributed by atoms with Crippen LogP contribution in [0.15, 0.2) is 72.8 Å². The number of ether oxygens (including phenoxy) is 1. The second-order valence-electron chi connectivity index (χ2n) is 7.64. The van der Waals surface area contributed by atoms with Crippen LogP contribution in [0, 0.1) is 6.92 Å². The normalized spacial score (nSPS) is 10.9. The molecule has 31 heavy (non-hydrogen) atoms. The molecule has 0 aliphatic rings. The van der Waals surface area contributed by atoms with E-state index in [-0.39, 0.29) is 5.91 Å². The van der Waals surface area contributed by atoms with Crippen molar-refractivity contribution in [2.45, 2.75) is 26.3 Å². The Labute approximate surface area is 182 Å². The number of benzene rings is 3. The topological polar surface area (TPSA) is 56.1 Å². The van der Waals surface area contributed by atoms with E-state index in [1.165, 1.54) is 0 Å². The maximum Gasteiger partial charge on any atom is 0.251 e. The standard InChI is InChI=1S/C26H27N3O2/c1-19-9-7-11-20(17-19)26(30)27-16-8-15-25-28-22-12-4-5-13-23(22)29(25)18-21-10-3-6-14-24(21)31-2/h3-7,9-14,17H,8,15-16,18H2,1-2H3,(H,27,30). The lowest BCUT2D eigenvalue weighted by Gasteiger charge is -2.13. The number of hydrogen-bond acceptors (Lipinski definition) is 3. The van der Waals surface area contributed by atoms with E-state index in [9.17, 15) is 4.79 Å². The van der Waals surface area contributed by atoms with Gasteiger partial charge in [-0.2, -0.15) is 0 Å². The number of hydrogen-bond donors (Lipinski definition) is 1. The molecule has 4 aromatic rings. The van der Waals surface area contributed by atoms with Gasteiger partial charge in [-0.25, -0.2) is 4.98 Å². The molecule has 3 aromatic carbocycles. The van der Waals surface area contributed by atoms with Gasteiger partial charge in [-0.15, -0.1) is 0 Å². The third-order valence-corrected chi connectivity index (χ3v) is 5.40. The molecule has 1 aromatic heterocycles. The first-order chi connectivity index (χ1) is 15.2. The molecular formula is C26H27N3O2. The first kappa shape index (κ1) is 20.7. The van der Waals surface area contributed by atoms with Crippen LogP contribution in [0.3, 0.4) is 0 Å². The molecule has 0 aliphatic heterocycles. The molecule has 0 saturated carbocycles. The molecule has 0 unspecified atom stereocenters. The van der Waals surface area contributed by atoms with Crippen LogP contribution in [0.2, 0.25) is 0 Å². The van der Waals surface area contributed by atoms with Crippen molar-refractivity contribution >= 4 is 16.9 Å². The maximum absolute atomic E-state index is 12.4. The zero-order valence-corrected chi connectivity index (χ0v) is 18.0. The number of fused-ring (bicyclic) bond motifs is 1. The summed E-state index contributed by atoms with van der Waals surface area (Å²) in [7, 11) is 1.70.